The Balaban J connectivity index is 1.69. The van der Waals surface area contributed by atoms with Gasteiger partial charge in [0.1, 0.15) is 5.69 Å². The number of para-hydroxylation sites is 1. The lowest BCUT2D eigenvalue weighted by Crippen LogP contribution is -2.49. The zero-order chi connectivity index (χ0) is 18.5. The van der Waals surface area contributed by atoms with Crippen molar-refractivity contribution in [3.8, 4) is 0 Å². The molecule has 136 valence electrons. The van der Waals surface area contributed by atoms with Gasteiger partial charge in [-0.1, -0.05) is 18.2 Å². The molecule has 1 aliphatic rings. The first kappa shape index (κ1) is 17.7. The van der Waals surface area contributed by atoms with Crippen molar-refractivity contribution in [1.29, 1.82) is 0 Å². The van der Waals surface area contributed by atoms with Crippen molar-refractivity contribution in [1.82, 2.24) is 20.2 Å². The second-order valence-corrected chi connectivity index (χ2v) is 5.99. The molecule has 1 aromatic heterocycles. The fourth-order valence-electron chi connectivity index (χ4n) is 3.02. The van der Waals surface area contributed by atoms with E-state index in [-0.39, 0.29) is 5.91 Å². The van der Waals surface area contributed by atoms with Gasteiger partial charge in [-0.15, -0.1) is 0 Å². The molecule has 2 heterocycles. The molecule has 1 fully saturated rings. The molecule has 8 nitrogen and oxygen atoms in total. The summed E-state index contributed by atoms with van der Waals surface area (Å²) in [5, 5.41) is 12.7. The maximum Gasteiger partial charge on any atom is 0.272 e. The minimum atomic E-state index is -0.577. The first-order valence-electron chi connectivity index (χ1n) is 8.33. The van der Waals surface area contributed by atoms with Crippen LogP contribution < -0.4 is 10.4 Å². The van der Waals surface area contributed by atoms with Gasteiger partial charge in [0.15, 0.2) is 0 Å². The largest absolute Gasteiger partial charge is 0.367 e. The van der Waals surface area contributed by atoms with E-state index >= 15 is 0 Å². The van der Waals surface area contributed by atoms with Gasteiger partial charge in [0, 0.05) is 51.2 Å². The van der Waals surface area contributed by atoms with E-state index in [1.807, 2.05) is 29.2 Å². The monoisotopic (exact) mass is 355 g/mol. The van der Waals surface area contributed by atoms with Crippen molar-refractivity contribution >= 4 is 23.6 Å². The highest BCUT2D eigenvalue weighted by Crippen LogP contribution is 2.23. The van der Waals surface area contributed by atoms with Crippen LogP contribution in [0.2, 0.25) is 0 Å². The van der Waals surface area contributed by atoms with Crippen LogP contribution >= 0.6 is 0 Å². The third kappa shape index (κ3) is 3.75. The zero-order valence-corrected chi connectivity index (χ0v) is 14.5. The first-order valence-corrected chi connectivity index (χ1v) is 8.33. The Morgan fingerprint density at radius 3 is 2.54 bits per heavy atom. The van der Waals surface area contributed by atoms with E-state index in [1.165, 1.54) is 6.08 Å². The Labute approximate surface area is 151 Å². The molecule has 0 atom stereocenters. The summed E-state index contributed by atoms with van der Waals surface area (Å²) in [6, 6.07) is 9.44. The van der Waals surface area contributed by atoms with Crippen LogP contribution in [-0.4, -0.2) is 57.9 Å². The van der Waals surface area contributed by atoms with Crippen LogP contribution in [0.15, 0.2) is 42.6 Å². The van der Waals surface area contributed by atoms with Gasteiger partial charge in [-0.2, -0.15) is 5.10 Å². The maximum absolute atomic E-state index is 12.6. The molecular weight excluding hydrogens is 334 g/mol. The first-order chi connectivity index (χ1) is 12.6. The molecule has 0 aliphatic carbocycles. The van der Waals surface area contributed by atoms with Crippen LogP contribution in [0.3, 0.4) is 0 Å². The fraction of sp³-hybridized carbons (Fsp3) is 0.278. The molecule has 0 unspecified atom stereocenters. The third-order valence-electron chi connectivity index (χ3n) is 4.41. The second kappa shape index (κ2) is 7.83. The molecule has 2 N–H and O–H groups in total. The maximum atomic E-state index is 12.6. The highest BCUT2D eigenvalue weighted by atomic mass is 16.5. The molecule has 0 bridgehead atoms. The van der Waals surface area contributed by atoms with Crippen molar-refractivity contribution in [3.63, 3.8) is 0 Å². The fourth-order valence-corrected chi connectivity index (χ4v) is 3.02. The van der Waals surface area contributed by atoms with E-state index in [2.05, 4.69) is 10.00 Å². The SMILES string of the molecule is Cn1nccc1C(=O)N1CCN(c2ccccc2C=CC(=O)NO)CC1. The molecule has 8 heteroatoms. The summed E-state index contributed by atoms with van der Waals surface area (Å²) in [5.41, 5.74) is 4.03. The lowest BCUT2D eigenvalue weighted by molar-refractivity contribution is -0.124. The number of aryl methyl sites for hydroxylation is 1. The number of amides is 2. The molecule has 26 heavy (non-hydrogen) atoms. The summed E-state index contributed by atoms with van der Waals surface area (Å²) in [6.07, 6.45) is 4.56. The molecular formula is C18H21N5O3. The second-order valence-electron chi connectivity index (χ2n) is 5.99. The number of hydrogen-bond acceptors (Lipinski definition) is 5. The number of aromatic nitrogens is 2. The van der Waals surface area contributed by atoms with E-state index in [9.17, 15) is 9.59 Å². The summed E-state index contributed by atoms with van der Waals surface area (Å²) < 4.78 is 1.58. The number of rotatable bonds is 4. The average Bonchev–Trinajstić information content (AvgIpc) is 3.11. The molecule has 2 amide bonds. The minimum Gasteiger partial charge on any atom is -0.367 e. The number of benzene rings is 1. The standard InChI is InChI=1S/C18H21N5O3/c1-21-16(8-9-19-21)18(25)23-12-10-22(11-13-23)15-5-3-2-4-14(15)6-7-17(24)20-26/h2-9,26H,10-13H2,1H3,(H,20,24). The lowest BCUT2D eigenvalue weighted by Gasteiger charge is -2.36. The van der Waals surface area contributed by atoms with Crippen molar-refractivity contribution in [2.45, 2.75) is 0 Å². The molecule has 1 saturated heterocycles. The average molecular weight is 355 g/mol. The Hall–Kier alpha value is -3.13. The number of piperazine rings is 1. The predicted octanol–water partition coefficient (Wildman–Crippen LogP) is 0.901. The van der Waals surface area contributed by atoms with Gasteiger partial charge in [-0.05, 0) is 23.8 Å². The van der Waals surface area contributed by atoms with Gasteiger partial charge in [-0.25, -0.2) is 5.48 Å². The molecule has 0 spiro atoms. The zero-order valence-electron chi connectivity index (χ0n) is 14.5. The van der Waals surface area contributed by atoms with Gasteiger partial charge in [0.25, 0.3) is 11.8 Å². The molecule has 0 saturated carbocycles. The summed E-state index contributed by atoms with van der Waals surface area (Å²) in [6.45, 7) is 2.61. The van der Waals surface area contributed by atoms with E-state index in [4.69, 9.17) is 5.21 Å². The summed E-state index contributed by atoms with van der Waals surface area (Å²) in [5.74, 6) is -0.594. The normalized spacial score (nSPS) is 14.7. The van der Waals surface area contributed by atoms with Crippen LogP contribution in [0.1, 0.15) is 16.1 Å². The summed E-state index contributed by atoms with van der Waals surface area (Å²) in [4.78, 5) is 27.8. The van der Waals surface area contributed by atoms with Crippen molar-refractivity contribution in [2.75, 3.05) is 31.1 Å². The van der Waals surface area contributed by atoms with E-state index < -0.39 is 5.91 Å². The number of nitrogens with zero attached hydrogens (tertiary/aromatic N) is 4. The topological polar surface area (TPSA) is 90.7 Å². The van der Waals surface area contributed by atoms with Crippen LogP contribution in [0.5, 0.6) is 0 Å². The Morgan fingerprint density at radius 2 is 1.88 bits per heavy atom. The van der Waals surface area contributed by atoms with Crippen LogP contribution in [0.25, 0.3) is 6.08 Å². The number of anilines is 1. The van der Waals surface area contributed by atoms with Crippen LogP contribution in [0, 0.1) is 0 Å². The quantitative estimate of drug-likeness (QED) is 0.483. The highest BCUT2D eigenvalue weighted by Gasteiger charge is 2.24. The van der Waals surface area contributed by atoms with Crippen LogP contribution in [-0.2, 0) is 11.8 Å². The van der Waals surface area contributed by atoms with Gasteiger partial charge in [0.2, 0.25) is 0 Å². The van der Waals surface area contributed by atoms with Crippen LogP contribution in [0.4, 0.5) is 5.69 Å². The van der Waals surface area contributed by atoms with Gasteiger partial charge in [0.05, 0.1) is 0 Å². The van der Waals surface area contributed by atoms with Gasteiger partial charge in [-0.3, -0.25) is 19.5 Å². The van der Waals surface area contributed by atoms with E-state index in [0.717, 1.165) is 11.3 Å². The number of hydrogen-bond donors (Lipinski definition) is 2. The number of hydroxylamine groups is 1. The predicted molar refractivity (Wildman–Crippen MR) is 96.7 cm³/mol. The Kier molecular flexibility index (Phi) is 5.33. The molecule has 1 aromatic carbocycles. The van der Waals surface area contributed by atoms with Crippen molar-refractivity contribution < 1.29 is 14.8 Å². The molecule has 1 aliphatic heterocycles. The van der Waals surface area contributed by atoms with Gasteiger partial charge >= 0.3 is 0 Å². The number of carbonyl (C=O) groups is 2. The summed E-state index contributed by atoms with van der Waals surface area (Å²) >= 11 is 0. The van der Waals surface area contributed by atoms with Crippen molar-refractivity contribution in [2.24, 2.45) is 7.05 Å². The Morgan fingerprint density at radius 1 is 1.15 bits per heavy atom. The Bertz CT molecular complexity index is 822. The molecule has 2 aromatic rings. The third-order valence-corrected chi connectivity index (χ3v) is 4.41. The number of nitrogens with one attached hydrogen (secondary N) is 1. The number of carbonyl (C=O) groups excluding carboxylic acids is 2. The molecule has 0 radical (unpaired) electrons. The van der Waals surface area contributed by atoms with Crippen molar-refractivity contribution in [3.05, 3.63) is 53.9 Å². The summed E-state index contributed by atoms with van der Waals surface area (Å²) in [7, 11) is 1.76. The van der Waals surface area contributed by atoms with Gasteiger partial charge < -0.3 is 9.80 Å². The highest BCUT2D eigenvalue weighted by molar-refractivity contribution is 5.93. The lowest BCUT2D eigenvalue weighted by atomic mass is 10.1. The van der Waals surface area contributed by atoms with E-state index in [1.54, 1.807) is 35.5 Å². The minimum absolute atomic E-state index is 0.0163. The smallest absolute Gasteiger partial charge is 0.272 e. The molecule has 3 rings (SSSR count). The van der Waals surface area contributed by atoms with E-state index in [0.29, 0.717) is 31.9 Å².